The van der Waals surface area contributed by atoms with Crippen LogP contribution in [0.5, 0.6) is 0 Å². The zero-order valence-electron chi connectivity index (χ0n) is 18.9. The van der Waals surface area contributed by atoms with Crippen LogP contribution in [0.25, 0.3) is 0 Å². The molecule has 8 N–H and O–H groups in total. The number of aliphatic hydroxyl groups is 5. The fraction of sp³-hybridized carbons (Fsp3) is 0.571. The van der Waals surface area contributed by atoms with E-state index in [1.807, 2.05) is 6.92 Å². The molecule has 0 aliphatic rings. The maximum atomic E-state index is 9.25. The van der Waals surface area contributed by atoms with Crippen LogP contribution in [0.3, 0.4) is 0 Å². The van der Waals surface area contributed by atoms with Gasteiger partial charge >= 0.3 is 17.9 Å². The first-order chi connectivity index (χ1) is 14.8. The molecule has 11 heteroatoms. The van der Waals surface area contributed by atoms with E-state index in [1.165, 1.54) is 0 Å². The second-order valence-corrected chi connectivity index (χ2v) is 5.93. The summed E-state index contributed by atoms with van der Waals surface area (Å²) in [5.41, 5.74) is -0.667. The van der Waals surface area contributed by atoms with Crippen LogP contribution in [0.2, 0.25) is 0 Å². The normalized spacial score (nSPS) is 9.00. The molecule has 0 atom stereocenters. The number of rotatable bonds is 11. The Morgan fingerprint density at radius 1 is 0.750 bits per heavy atom. The van der Waals surface area contributed by atoms with Gasteiger partial charge in [-0.2, -0.15) is 0 Å². The number of unbranched alkanes of at least 4 members (excludes halogenated alkanes) is 2. The molecule has 0 aromatic carbocycles. The lowest BCUT2D eigenvalue weighted by molar-refractivity contribution is -0.132. The number of aliphatic carboxylic acids is 3. The number of hydrogen-bond acceptors (Lipinski definition) is 8. The van der Waals surface area contributed by atoms with Gasteiger partial charge in [-0.15, -0.1) is 0 Å². The van der Waals surface area contributed by atoms with Gasteiger partial charge in [-0.3, -0.25) is 0 Å². The van der Waals surface area contributed by atoms with Gasteiger partial charge in [0.05, 0.1) is 19.8 Å². The molecule has 0 aliphatic carbocycles. The molecule has 0 aromatic rings. The third-order valence-corrected chi connectivity index (χ3v) is 3.35. The minimum absolute atomic E-state index is 0.156. The average molecular weight is 469 g/mol. The predicted octanol–water partition coefficient (Wildman–Crippen LogP) is 1.01. The summed E-state index contributed by atoms with van der Waals surface area (Å²) < 4.78 is 0. The van der Waals surface area contributed by atoms with Crippen molar-refractivity contribution in [3.05, 3.63) is 38.0 Å². The SMILES string of the molecule is C=CC(=O)O.C=CC(=O)O.C=CC(=O)O.CCC(CO)(CO)CO.CCCCCC(O)O. The Hall–Kier alpha value is -2.57. The van der Waals surface area contributed by atoms with Crippen molar-refractivity contribution in [3.8, 4) is 0 Å². The van der Waals surface area contributed by atoms with Crippen molar-refractivity contribution in [2.75, 3.05) is 19.8 Å². The van der Waals surface area contributed by atoms with Gasteiger partial charge in [0, 0.05) is 23.6 Å². The molecule has 0 unspecified atom stereocenters. The van der Waals surface area contributed by atoms with Crippen molar-refractivity contribution in [1.82, 2.24) is 0 Å². The number of carbonyl (C=O) groups is 3. The van der Waals surface area contributed by atoms with Gasteiger partial charge in [-0.25, -0.2) is 14.4 Å². The summed E-state index contributed by atoms with van der Waals surface area (Å²) in [4.78, 5) is 27.8. The van der Waals surface area contributed by atoms with Gasteiger partial charge in [0.15, 0.2) is 6.29 Å². The third-order valence-electron chi connectivity index (χ3n) is 3.35. The molecular formula is C21H40O11. The first-order valence-corrected chi connectivity index (χ1v) is 9.58. The van der Waals surface area contributed by atoms with Gasteiger partial charge in [0.1, 0.15) is 0 Å². The Morgan fingerprint density at radius 3 is 1.12 bits per heavy atom. The molecule has 0 spiro atoms. The van der Waals surface area contributed by atoms with Crippen molar-refractivity contribution in [3.63, 3.8) is 0 Å². The third kappa shape index (κ3) is 45.9. The summed E-state index contributed by atoms with van der Waals surface area (Å²) in [6.45, 7) is 12.3. The standard InChI is InChI=1S/C6H14O3.C6H14O2.3C3H4O2/c1-2-6(3-7,4-8)5-9;1-2-3-4-5-6(7)8;3*1-2-3(4)5/h7-9H,2-5H2,1H3;6-8H,2-5H2,1H3;3*2H,1H2,(H,4,5). The minimum atomic E-state index is -1.10. The minimum Gasteiger partial charge on any atom is -0.478 e. The van der Waals surface area contributed by atoms with E-state index in [1.54, 1.807) is 0 Å². The summed E-state index contributed by atoms with van der Waals surface area (Å²) >= 11 is 0. The average Bonchev–Trinajstić information content (AvgIpc) is 2.77. The second kappa shape index (κ2) is 30.6. The highest BCUT2D eigenvalue weighted by Gasteiger charge is 2.24. The van der Waals surface area contributed by atoms with E-state index in [2.05, 4.69) is 26.7 Å². The van der Waals surface area contributed by atoms with Crippen molar-refractivity contribution >= 4 is 17.9 Å². The monoisotopic (exact) mass is 468 g/mol. The fourth-order valence-corrected chi connectivity index (χ4v) is 1.06. The molecule has 0 rings (SSSR count). The Bertz CT molecular complexity index is 424. The number of aliphatic hydroxyl groups excluding tert-OH is 4. The van der Waals surface area contributed by atoms with Crippen molar-refractivity contribution < 1.29 is 55.2 Å². The van der Waals surface area contributed by atoms with Crippen molar-refractivity contribution in [2.24, 2.45) is 5.41 Å². The molecule has 0 saturated heterocycles. The summed E-state index contributed by atoms with van der Waals surface area (Å²) in [5, 5.41) is 65.5. The van der Waals surface area contributed by atoms with Crippen LogP contribution < -0.4 is 0 Å². The fourth-order valence-electron chi connectivity index (χ4n) is 1.06. The molecule has 0 aromatic heterocycles. The van der Waals surface area contributed by atoms with Crippen LogP contribution in [0, 0.1) is 5.41 Å². The predicted molar refractivity (Wildman–Crippen MR) is 120 cm³/mol. The van der Waals surface area contributed by atoms with Gasteiger partial charge in [0.25, 0.3) is 0 Å². The van der Waals surface area contributed by atoms with Crippen LogP contribution in [0.4, 0.5) is 0 Å². The first kappa shape index (κ1) is 39.9. The van der Waals surface area contributed by atoms with Crippen LogP contribution in [-0.4, -0.2) is 84.9 Å². The van der Waals surface area contributed by atoms with E-state index in [4.69, 9.17) is 40.9 Å². The Balaban J connectivity index is -0.0000000976. The highest BCUT2D eigenvalue weighted by Crippen LogP contribution is 2.18. The number of hydrogen-bond donors (Lipinski definition) is 8. The van der Waals surface area contributed by atoms with E-state index < -0.39 is 29.6 Å². The van der Waals surface area contributed by atoms with E-state index in [0.29, 0.717) is 12.8 Å². The smallest absolute Gasteiger partial charge is 0.327 e. The molecule has 0 fully saturated rings. The van der Waals surface area contributed by atoms with Gasteiger partial charge in [-0.1, -0.05) is 46.4 Å². The molecule has 190 valence electrons. The summed E-state index contributed by atoms with van der Waals surface area (Å²) in [5.74, 6) is -2.94. The highest BCUT2D eigenvalue weighted by atomic mass is 16.5. The molecule has 0 bridgehead atoms. The lowest BCUT2D eigenvalue weighted by atomic mass is 9.88. The summed E-state index contributed by atoms with van der Waals surface area (Å²) in [7, 11) is 0. The van der Waals surface area contributed by atoms with Crippen LogP contribution >= 0.6 is 0 Å². The molecule has 0 amide bonds. The molecule has 32 heavy (non-hydrogen) atoms. The van der Waals surface area contributed by atoms with Gasteiger partial charge in [-0.05, 0) is 19.3 Å². The highest BCUT2D eigenvalue weighted by molar-refractivity contribution is 5.79. The lowest BCUT2D eigenvalue weighted by Crippen LogP contribution is -2.32. The quantitative estimate of drug-likeness (QED) is 0.122. The molecule has 0 radical (unpaired) electrons. The topological polar surface area (TPSA) is 213 Å². The van der Waals surface area contributed by atoms with Gasteiger partial charge in [0.2, 0.25) is 0 Å². The molecule has 0 heterocycles. The second-order valence-electron chi connectivity index (χ2n) is 5.93. The number of carboxylic acids is 3. The zero-order valence-corrected chi connectivity index (χ0v) is 18.9. The van der Waals surface area contributed by atoms with Crippen molar-refractivity contribution in [2.45, 2.75) is 52.2 Å². The van der Waals surface area contributed by atoms with E-state index in [9.17, 15) is 14.4 Å². The Morgan fingerprint density at radius 2 is 1.03 bits per heavy atom. The molecule has 11 nitrogen and oxygen atoms in total. The number of carboxylic acid groups (broad SMARTS) is 3. The Labute approximate surface area is 189 Å². The summed E-state index contributed by atoms with van der Waals surface area (Å²) in [6, 6.07) is 0. The van der Waals surface area contributed by atoms with E-state index in [0.717, 1.165) is 37.5 Å². The molecular weight excluding hydrogens is 428 g/mol. The van der Waals surface area contributed by atoms with Crippen LogP contribution in [0.1, 0.15) is 46.0 Å². The maximum absolute atomic E-state index is 9.25. The van der Waals surface area contributed by atoms with Crippen LogP contribution in [0.15, 0.2) is 38.0 Å². The first-order valence-electron chi connectivity index (χ1n) is 9.58. The Kier molecular flexibility index (Phi) is 38.1. The summed E-state index contributed by atoms with van der Waals surface area (Å²) in [6.07, 6.45) is 5.67. The largest absolute Gasteiger partial charge is 0.478 e. The van der Waals surface area contributed by atoms with E-state index in [-0.39, 0.29) is 19.8 Å². The zero-order chi connectivity index (χ0) is 26.6. The molecule has 0 saturated carbocycles. The maximum Gasteiger partial charge on any atom is 0.327 e. The molecule has 0 aliphatic heterocycles. The van der Waals surface area contributed by atoms with Gasteiger partial charge < -0.3 is 40.9 Å². The lowest BCUT2D eigenvalue weighted by Gasteiger charge is -2.24. The van der Waals surface area contributed by atoms with Crippen molar-refractivity contribution in [1.29, 1.82) is 0 Å². The van der Waals surface area contributed by atoms with E-state index >= 15 is 0 Å². The van der Waals surface area contributed by atoms with Crippen LogP contribution in [-0.2, 0) is 14.4 Å².